The van der Waals surface area contributed by atoms with Crippen molar-refractivity contribution in [3.05, 3.63) is 12.7 Å². The Morgan fingerprint density at radius 3 is 1.76 bits per heavy atom. The Balaban J connectivity index is 3.32. The van der Waals surface area contributed by atoms with Gasteiger partial charge in [0.1, 0.15) is 6.10 Å². The molecule has 0 rings (SSSR count). The highest BCUT2D eigenvalue weighted by molar-refractivity contribution is 5.70. The highest BCUT2D eigenvalue weighted by Crippen LogP contribution is 2.12. The van der Waals surface area contributed by atoms with Crippen molar-refractivity contribution < 1.29 is 19.1 Å². The molecule has 0 spiro atoms. The minimum absolute atomic E-state index is 0.125. The van der Waals surface area contributed by atoms with E-state index in [9.17, 15) is 9.59 Å². The van der Waals surface area contributed by atoms with E-state index >= 15 is 0 Å². The maximum absolute atomic E-state index is 11.7. The summed E-state index contributed by atoms with van der Waals surface area (Å²) in [7, 11) is 0. The van der Waals surface area contributed by atoms with Gasteiger partial charge < -0.3 is 9.47 Å². The van der Waals surface area contributed by atoms with E-state index in [1.807, 2.05) is 6.92 Å². The van der Waals surface area contributed by atoms with Gasteiger partial charge in [-0.1, -0.05) is 83.6 Å². The highest BCUT2D eigenvalue weighted by atomic mass is 16.5. The van der Waals surface area contributed by atoms with Crippen molar-refractivity contribution >= 4 is 11.9 Å². The molecule has 170 valence electrons. The van der Waals surface area contributed by atoms with E-state index in [0.717, 1.165) is 12.8 Å². The second kappa shape index (κ2) is 21.4. The average molecular weight is 411 g/mol. The summed E-state index contributed by atoms with van der Waals surface area (Å²) in [5.74, 6) is -0.356. The zero-order valence-electron chi connectivity index (χ0n) is 19.2. The lowest BCUT2D eigenvalue weighted by atomic mass is 10.1. The molecule has 29 heavy (non-hydrogen) atoms. The number of ether oxygens (including phenoxy) is 2. The molecule has 0 saturated carbocycles. The van der Waals surface area contributed by atoms with Crippen molar-refractivity contribution in [2.24, 2.45) is 0 Å². The third-order valence-corrected chi connectivity index (χ3v) is 5.10. The van der Waals surface area contributed by atoms with Crippen LogP contribution < -0.4 is 0 Å². The van der Waals surface area contributed by atoms with Crippen molar-refractivity contribution in [3.8, 4) is 0 Å². The third kappa shape index (κ3) is 21.2. The number of unbranched alkanes of at least 4 members (excludes halogenated alkanes) is 12. The van der Waals surface area contributed by atoms with E-state index in [4.69, 9.17) is 9.47 Å². The van der Waals surface area contributed by atoms with E-state index in [-0.39, 0.29) is 18.0 Å². The predicted octanol–water partition coefficient (Wildman–Crippen LogP) is 7.30. The Labute approximate surface area is 179 Å². The second-order valence-electron chi connectivity index (χ2n) is 8.14. The summed E-state index contributed by atoms with van der Waals surface area (Å²) in [5.41, 5.74) is 0. The lowest BCUT2D eigenvalue weighted by molar-refractivity contribution is -0.149. The monoisotopic (exact) mass is 410 g/mol. The quantitative estimate of drug-likeness (QED) is 0.113. The van der Waals surface area contributed by atoms with E-state index in [1.54, 1.807) is 6.08 Å². The fraction of sp³-hybridized carbons (Fsp3) is 0.840. The van der Waals surface area contributed by atoms with Gasteiger partial charge in [-0.25, -0.2) is 0 Å². The van der Waals surface area contributed by atoms with Crippen molar-refractivity contribution in [2.45, 2.75) is 129 Å². The molecule has 0 fully saturated rings. The minimum atomic E-state index is -0.204. The largest absolute Gasteiger partial charge is 0.466 e. The molecule has 0 aromatic rings. The molecule has 0 aromatic heterocycles. The zero-order valence-corrected chi connectivity index (χ0v) is 19.2. The van der Waals surface area contributed by atoms with Gasteiger partial charge in [0.15, 0.2) is 0 Å². The number of carbonyl (C=O) groups is 2. The molecule has 0 bridgehead atoms. The van der Waals surface area contributed by atoms with Gasteiger partial charge in [0.2, 0.25) is 0 Å². The standard InChI is InChI=1S/C25H46O4/c1-4-6-7-8-9-10-11-12-13-14-15-18-22-28-24(26)20-16-17-21-25(27)29-23(3)19-5-2/h5,23H,2,4,6-22H2,1,3H3. The Morgan fingerprint density at radius 2 is 1.24 bits per heavy atom. The Morgan fingerprint density at radius 1 is 0.759 bits per heavy atom. The molecule has 0 aliphatic heterocycles. The predicted molar refractivity (Wildman–Crippen MR) is 121 cm³/mol. The topological polar surface area (TPSA) is 52.6 Å². The first kappa shape index (κ1) is 27.7. The molecule has 1 atom stereocenters. The van der Waals surface area contributed by atoms with Crippen LogP contribution in [0.4, 0.5) is 0 Å². The zero-order chi connectivity index (χ0) is 21.6. The van der Waals surface area contributed by atoms with E-state index < -0.39 is 0 Å². The Kier molecular flexibility index (Phi) is 20.4. The summed E-state index contributed by atoms with van der Waals surface area (Å²) in [5, 5.41) is 0. The van der Waals surface area contributed by atoms with Gasteiger partial charge in [-0.05, 0) is 26.2 Å². The molecule has 4 heteroatoms. The van der Waals surface area contributed by atoms with Crippen molar-refractivity contribution in [2.75, 3.05) is 6.61 Å². The molecule has 0 heterocycles. The molecule has 1 unspecified atom stereocenters. The lowest BCUT2D eigenvalue weighted by Gasteiger charge is -2.10. The minimum Gasteiger partial charge on any atom is -0.466 e. The first-order valence-corrected chi connectivity index (χ1v) is 12.1. The van der Waals surface area contributed by atoms with Gasteiger partial charge in [-0.3, -0.25) is 9.59 Å². The summed E-state index contributed by atoms with van der Waals surface area (Å²) in [6.45, 7) is 8.26. The highest BCUT2D eigenvalue weighted by Gasteiger charge is 2.09. The van der Waals surface area contributed by atoms with Crippen LogP contribution in [0, 0.1) is 0 Å². The van der Waals surface area contributed by atoms with Gasteiger partial charge in [0.05, 0.1) is 6.61 Å². The van der Waals surface area contributed by atoms with E-state index in [1.165, 1.54) is 64.2 Å². The molecule has 0 saturated heterocycles. The van der Waals surface area contributed by atoms with Gasteiger partial charge in [0.25, 0.3) is 0 Å². The summed E-state index contributed by atoms with van der Waals surface area (Å²) < 4.78 is 10.5. The number of hydrogen-bond acceptors (Lipinski definition) is 4. The van der Waals surface area contributed by atoms with E-state index in [0.29, 0.717) is 38.7 Å². The fourth-order valence-electron chi connectivity index (χ4n) is 3.31. The van der Waals surface area contributed by atoms with Crippen LogP contribution in [0.25, 0.3) is 0 Å². The SMILES string of the molecule is C=CCC(C)OC(=O)CCCCC(=O)OCCCCCCCCCCCCCC. The van der Waals surface area contributed by atoms with Crippen LogP contribution in [0.3, 0.4) is 0 Å². The van der Waals surface area contributed by atoms with Gasteiger partial charge in [-0.15, -0.1) is 6.58 Å². The Bertz CT molecular complexity index is 406. The first-order valence-electron chi connectivity index (χ1n) is 12.1. The van der Waals surface area contributed by atoms with Gasteiger partial charge in [-0.2, -0.15) is 0 Å². The number of esters is 2. The summed E-state index contributed by atoms with van der Waals surface area (Å²) in [6, 6.07) is 0. The molecule has 0 aliphatic rings. The number of rotatable bonds is 21. The first-order chi connectivity index (χ1) is 14.1. The van der Waals surface area contributed by atoms with E-state index in [2.05, 4.69) is 13.5 Å². The van der Waals surface area contributed by atoms with Crippen molar-refractivity contribution in [1.82, 2.24) is 0 Å². The summed E-state index contributed by atoms with van der Waals surface area (Å²) in [6.07, 6.45) is 20.0. The molecule has 0 radical (unpaired) electrons. The van der Waals surface area contributed by atoms with Crippen LogP contribution in [-0.4, -0.2) is 24.6 Å². The van der Waals surface area contributed by atoms with Crippen molar-refractivity contribution in [1.29, 1.82) is 0 Å². The second-order valence-corrected chi connectivity index (χ2v) is 8.14. The summed E-state index contributed by atoms with van der Waals surface area (Å²) >= 11 is 0. The number of carbonyl (C=O) groups excluding carboxylic acids is 2. The van der Waals surface area contributed by atoms with Crippen molar-refractivity contribution in [3.63, 3.8) is 0 Å². The number of hydrogen-bond donors (Lipinski definition) is 0. The van der Waals surface area contributed by atoms with Crippen LogP contribution in [-0.2, 0) is 19.1 Å². The van der Waals surface area contributed by atoms with Crippen LogP contribution in [0.15, 0.2) is 12.7 Å². The normalized spacial score (nSPS) is 11.8. The molecule has 0 aromatic carbocycles. The van der Waals surface area contributed by atoms with Gasteiger partial charge >= 0.3 is 11.9 Å². The molecular weight excluding hydrogens is 364 g/mol. The van der Waals surface area contributed by atoms with Crippen LogP contribution in [0.5, 0.6) is 0 Å². The average Bonchev–Trinajstić information content (AvgIpc) is 2.69. The molecular formula is C25H46O4. The third-order valence-electron chi connectivity index (χ3n) is 5.10. The maximum atomic E-state index is 11.7. The van der Waals surface area contributed by atoms with Crippen LogP contribution in [0.1, 0.15) is 123 Å². The Hall–Kier alpha value is -1.32. The molecule has 0 aliphatic carbocycles. The van der Waals surface area contributed by atoms with Gasteiger partial charge in [0, 0.05) is 19.3 Å². The molecule has 4 nitrogen and oxygen atoms in total. The molecule has 0 amide bonds. The molecule has 0 N–H and O–H groups in total. The van der Waals surface area contributed by atoms with Crippen LogP contribution >= 0.6 is 0 Å². The lowest BCUT2D eigenvalue weighted by Crippen LogP contribution is -2.14. The maximum Gasteiger partial charge on any atom is 0.306 e. The van der Waals surface area contributed by atoms with Crippen LogP contribution in [0.2, 0.25) is 0 Å². The summed E-state index contributed by atoms with van der Waals surface area (Å²) in [4.78, 5) is 23.3. The smallest absolute Gasteiger partial charge is 0.306 e. The fourth-order valence-corrected chi connectivity index (χ4v) is 3.31.